The van der Waals surface area contributed by atoms with Crippen LogP contribution in [-0.4, -0.2) is 102 Å². The fourth-order valence-electron chi connectivity index (χ4n) is 9.78. The molecule has 13 nitrogen and oxygen atoms in total. The average Bonchev–Trinajstić information content (AvgIpc) is 3.98. The van der Waals surface area contributed by atoms with Crippen molar-refractivity contribution in [3.05, 3.63) is 73.3 Å². The molecule has 0 bridgehead atoms. The minimum absolute atomic E-state index is 0.0275. The van der Waals surface area contributed by atoms with Gasteiger partial charge in [0.15, 0.2) is 23.2 Å². The lowest BCUT2D eigenvalue weighted by atomic mass is 10.1. The molecular weight excluding hydrogens is 776 g/mol. The fraction of sp³-hybridized carbons (Fsp3) is 0.561. The number of carbonyl (C=O) groups is 1. The van der Waals surface area contributed by atoms with Crippen molar-refractivity contribution in [2.45, 2.75) is 127 Å². The number of rotatable bonds is 16. The maximum Gasteiger partial charge on any atom is 0.259 e. The van der Waals surface area contributed by atoms with Crippen molar-refractivity contribution >= 4 is 58.2 Å². The summed E-state index contributed by atoms with van der Waals surface area (Å²) in [6, 6.07) is 22.9. The first-order chi connectivity index (χ1) is 27.4. The average molecular weight is 835 g/mol. The van der Waals surface area contributed by atoms with E-state index in [0.717, 1.165) is 25.4 Å². The smallest absolute Gasteiger partial charge is 0.259 e. The monoisotopic (exact) mass is 834 g/mol. The summed E-state index contributed by atoms with van der Waals surface area (Å²) in [6.07, 6.45) is 2.11. The summed E-state index contributed by atoms with van der Waals surface area (Å²) < 4.78 is 38.8. The van der Waals surface area contributed by atoms with Crippen molar-refractivity contribution in [2.24, 2.45) is 0 Å². The van der Waals surface area contributed by atoms with Crippen molar-refractivity contribution in [3.63, 3.8) is 0 Å². The maximum atomic E-state index is 12.0. The zero-order chi connectivity index (χ0) is 40.5. The van der Waals surface area contributed by atoms with E-state index in [2.05, 4.69) is 134 Å². The van der Waals surface area contributed by atoms with E-state index in [0.29, 0.717) is 33.6 Å². The third kappa shape index (κ3) is 8.17. The molecule has 1 amide bonds. The van der Waals surface area contributed by atoms with Gasteiger partial charge in [-0.15, -0.1) is 0 Å². The van der Waals surface area contributed by atoms with Gasteiger partial charge >= 0.3 is 0 Å². The summed E-state index contributed by atoms with van der Waals surface area (Å²) in [6.45, 7) is 18.0. The summed E-state index contributed by atoms with van der Waals surface area (Å²) in [5, 5.41) is 16.4. The van der Waals surface area contributed by atoms with Crippen LogP contribution in [0.4, 0.5) is 5.82 Å². The molecule has 0 spiro atoms. The fourth-order valence-corrected chi connectivity index (χ4v) is 21.0. The summed E-state index contributed by atoms with van der Waals surface area (Å²) in [7, 11) is -6.06. The second kappa shape index (κ2) is 17.7. The number of amides is 1. The van der Waals surface area contributed by atoms with Crippen LogP contribution < -0.4 is 15.7 Å². The zero-order valence-corrected chi connectivity index (χ0v) is 37.3. The van der Waals surface area contributed by atoms with Crippen molar-refractivity contribution in [3.8, 4) is 0 Å². The Balaban J connectivity index is 1.20. The van der Waals surface area contributed by atoms with E-state index in [1.807, 2.05) is 0 Å². The van der Waals surface area contributed by atoms with Gasteiger partial charge in [-0.05, 0) is 35.5 Å². The molecule has 3 saturated heterocycles. The Kier molecular flexibility index (Phi) is 13.1. The standard InChI is InChI=1S/C41H59N6O7PSi2/c1-27(2)57(28(3)4,29(5)6)51-26-50-38-37(34(22-48)52-41(38)46-25-44-36-39(45-30(7)49)42-24-43-40(36)46)54-55-47-21-15-20-33(47)35(53-55)23-56(8,31-16-11-9-12-17-31)32-18-13-10-14-19-32/h9-14,16-19,24-25,27-29,33-35,37-38,41,48H,15,20-23,26H2,1-8H3,(H,42,43,45,49)/t33-,34+,35+,37?,38-,41+,55+/m0/s1. The maximum absolute atomic E-state index is 12.0. The highest BCUT2D eigenvalue weighted by Gasteiger charge is 2.55. The number of nitrogens with zero attached hydrogens (tertiary/aromatic N) is 5. The number of anilines is 1. The number of aliphatic hydroxyl groups excluding tert-OH is 1. The van der Waals surface area contributed by atoms with Crippen molar-refractivity contribution in [1.29, 1.82) is 0 Å². The summed E-state index contributed by atoms with van der Waals surface area (Å²) in [5.74, 6) is 0.0310. The van der Waals surface area contributed by atoms with Crippen molar-refractivity contribution < 1.29 is 32.8 Å². The predicted octanol–water partition coefficient (Wildman–Crippen LogP) is 6.58. The molecule has 57 heavy (non-hydrogen) atoms. The molecule has 308 valence electrons. The van der Waals surface area contributed by atoms with Gasteiger partial charge in [-0.3, -0.25) is 9.36 Å². The van der Waals surface area contributed by atoms with Crippen LogP contribution in [0.5, 0.6) is 0 Å². The number of fused-ring (bicyclic) bond motifs is 2. The zero-order valence-electron chi connectivity index (χ0n) is 34.4. The number of imidazole rings is 1. The van der Waals surface area contributed by atoms with Gasteiger partial charge in [0.1, 0.15) is 39.5 Å². The molecule has 3 fully saturated rings. The Hall–Kier alpha value is -2.96. The third-order valence-electron chi connectivity index (χ3n) is 12.4. The van der Waals surface area contributed by atoms with E-state index in [-0.39, 0.29) is 31.5 Å². The quantitative estimate of drug-likeness (QED) is 0.0719. The van der Waals surface area contributed by atoms with Crippen LogP contribution in [-0.2, 0) is 27.7 Å². The Morgan fingerprint density at radius 2 is 1.60 bits per heavy atom. The van der Waals surface area contributed by atoms with Crippen LogP contribution in [0.1, 0.15) is 67.5 Å². The van der Waals surface area contributed by atoms with E-state index >= 15 is 0 Å². The van der Waals surface area contributed by atoms with Crippen LogP contribution in [0.2, 0.25) is 29.2 Å². The lowest BCUT2D eigenvalue weighted by Crippen LogP contribution is -2.58. The van der Waals surface area contributed by atoms with Gasteiger partial charge in [0, 0.05) is 19.5 Å². The SMILES string of the molecule is CC(=O)Nc1ncnc2c1ncn2[C@@H]1O[C@H](CO)C(O[P@@]2O[C@H](C[Si](C)(c3ccccc3)c3ccccc3)[C@@H]3CCCN32)[C@@H]1OCO[Si](C(C)C)(C(C)C)C(C)C. The molecule has 3 aliphatic rings. The first-order valence-electron chi connectivity index (χ1n) is 20.4. The minimum atomic E-state index is -2.30. The van der Waals surface area contributed by atoms with Gasteiger partial charge in [-0.1, -0.05) is 119 Å². The van der Waals surface area contributed by atoms with E-state index in [9.17, 15) is 9.90 Å². The molecule has 16 heteroatoms. The van der Waals surface area contributed by atoms with Crippen LogP contribution in [0, 0.1) is 0 Å². The van der Waals surface area contributed by atoms with Gasteiger partial charge < -0.3 is 33.4 Å². The lowest BCUT2D eigenvalue weighted by molar-refractivity contribution is -0.114. The van der Waals surface area contributed by atoms with Crippen LogP contribution >= 0.6 is 8.53 Å². The Labute approximate surface area is 339 Å². The second-order valence-electron chi connectivity index (χ2n) is 16.8. The first kappa shape index (κ1) is 42.2. The molecule has 7 atom stereocenters. The van der Waals surface area contributed by atoms with E-state index in [4.69, 9.17) is 22.9 Å². The van der Waals surface area contributed by atoms with Crippen LogP contribution in [0.3, 0.4) is 0 Å². The summed E-state index contributed by atoms with van der Waals surface area (Å²) in [5.41, 5.74) is 1.94. The molecule has 5 heterocycles. The Morgan fingerprint density at radius 3 is 2.19 bits per heavy atom. The van der Waals surface area contributed by atoms with Gasteiger partial charge in [-0.25, -0.2) is 19.6 Å². The number of aliphatic hydroxyl groups is 1. The van der Waals surface area contributed by atoms with Gasteiger partial charge in [0.05, 0.1) is 19.0 Å². The lowest BCUT2D eigenvalue weighted by Gasteiger charge is -2.42. The largest absolute Gasteiger partial charge is 0.394 e. The molecule has 2 aromatic carbocycles. The van der Waals surface area contributed by atoms with Crippen LogP contribution in [0.25, 0.3) is 11.2 Å². The predicted molar refractivity (Wildman–Crippen MR) is 227 cm³/mol. The number of carbonyl (C=O) groups excluding carboxylic acids is 1. The Bertz CT molecular complexity index is 1900. The number of hydrogen-bond donors (Lipinski definition) is 2. The van der Waals surface area contributed by atoms with Crippen LogP contribution in [0.15, 0.2) is 73.3 Å². The molecule has 4 aromatic rings. The number of ether oxygens (including phenoxy) is 2. The highest BCUT2D eigenvalue weighted by molar-refractivity contribution is 7.45. The van der Waals surface area contributed by atoms with E-state index in [1.54, 1.807) is 10.9 Å². The summed E-state index contributed by atoms with van der Waals surface area (Å²) >= 11 is 0. The summed E-state index contributed by atoms with van der Waals surface area (Å²) in [4.78, 5) is 25.4. The van der Waals surface area contributed by atoms with E-state index < -0.39 is 49.5 Å². The molecule has 7 rings (SSSR count). The number of aromatic nitrogens is 4. The van der Waals surface area contributed by atoms with Gasteiger partial charge in [0.25, 0.3) is 8.53 Å². The highest BCUT2D eigenvalue weighted by atomic mass is 31.2. The molecule has 3 aliphatic heterocycles. The molecule has 1 unspecified atom stereocenters. The number of nitrogens with one attached hydrogen (secondary N) is 1. The molecule has 2 N–H and O–H groups in total. The molecule has 2 aromatic heterocycles. The second-order valence-corrected chi connectivity index (χ2v) is 27.9. The molecular formula is C41H59N6O7PSi2. The van der Waals surface area contributed by atoms with Crippen molar-refractivity contribution in [2.75, 3.05) is 25.3 Å². The topological polar surface area (TPSA) is 142 Å². The van der Waals surface area contributed by atoms with Gasteiger partial charge in [-0.2, -0.15) is 0 Å². The van der Waals surface area contributed by atoms with E-state index in [1.165, 1.54) is 23.6 Å². The third-order valence-corrected chi connectivity index (χ3v) is 24.7. The Morgan fingerprint density at radius 1 is 0.947 bits per heavy atom. The first-order valence-corrected chi connectivity index (χ1v) is 26.3. The molecule has 0 radical (unpaired) electrons. The highest BCUT2D eigenvalue weighted by Crippen LogP contribution is 2.59. The normalized spacial score (nSPS) is 25.6. The minimum Gasteiger partial charge on any atom is -0.394 e. The van der Waals surface area contributed by atoms with Gasteiger partial charge in [0.2, 0.25) is 14.2 Å². The molecule has 0 saturated carbocycles. The molecule has 0 aliphatic carbocycles. The number of hydrogen-bond acceptors (Lipinski definition) is 11. The number of benzene rings is 2. The van der Waals surface area contributed by atoms with Crippen molar-refractivity contribution in [1.82, 2.24) is 24.2 Å².